The molecule has 0 aromatic carbocycles. The van der Waals surface area contributed by atoms with Crippen LogP contribution >= 0.6 is 0 Å². The highest BCUT2D eigenvalue weighted by molar-refractivity contribution is 5.68. The standard InChI is InChI=1S/C31H56O14/c1-9-30(7,10-2)29-25(39)24(38)28(19(44-29)13-41-15-21(34)35)45-31(8,11-3)17(6)26-22(36)23(37)27(42-16(4)5)18(43-26)12-40-14-20(32)33/h16-19,22-29,36-39H,9-15H2,1-8H3,(H,32,33)(H,34,35). The van der Waals surface area contributed by atoms with E-state index in [1.165, 1.54) is 0 Å². The van der Waals surface area contributed by atoms with E-state index < -0.39 is 103 Å². The summed E-state index contributed by atoms with van der Waals surface area (Å²) in [6, 6.07) is 0. The highest BCUT2D eigenvalue weighted by Gasteiger charge is 2.55. The van der Waals surface area contributed by atoms with Gasteiger partial charge in [0, 0.05) is 5.92 Å². The Labute approximate surface area is 265 Å². The minimum absolute atomic E-state index is 0.222. The normalized spacial score (nSPS) is 34.8. The van der Waals surface area contributed by atoms with Crippen molar-refractivity contribution in [1.82, 2.24) is 0 Å². The van der Waals surface area contributed by atoms with Crippen LogP contribution in [-0.4, -0.2) is 142 Å². The van der Waals surface area contributed by atoms with Gasteiger partial charge in [-0.25, -0.2) is 9.59 Å². The lowest BCUT2D eigenvalue weighted by atomic mass is 9.73. The number of carbonyl (C=O) groups is 2. The molecule has 45 heavy (non-hydrogen) atoms. The molecule has 0 amide bonds. The Morgan fingerprint density at radius 2 is 1.22 bits per heavy atom. The van der Waals surface area contributed by atoms with Crippen molar-refractivity contribution in [2.45, 2.75) is 147 Å². The van der Waals surface area contributed by atoms with Gasteiger partial charge >= 0.3 is 11.9 Å². The summed E-state index contributed by atoms with van der Waals surface area (Å²) in [5.41, 5.74) is -1.66. The van der Waals surface area contributed by atoms with E-state index in [0.29, 0.717) is 19.3 Å². The molecular weight excluding hydrogens is 596 g/mol. The maximum Gasteiger partial charge on any atom is 0.329 e. The number of carboxylic acid groups (broad SMARTS) is 2. The number of ether oxygens (including phenoxy) is 6. The summed E-state index contributed by atoms with van der Waals surface area (Å²) >= 11 is 0. The molecule has 12 unspecified atom stereocenters. The van der Waals surface area contributed by atoms with E-state index in [2.05, 4.69) is 0 Å². The lowest BCUT2D eigenvalue weighted by molar-refractivity contribution is -0.307. The summed E-state index contributed by atoms with van der Waals surface area (Å²) < 4.78 is 35.7. The first-order chi connectivity index (χ1) is 21.0. The molecule has 12 atom stereocenters. The van der Waals surface area contributed by atoms with Crippen molar-refractivity contribution in [1.29, 1.82) is 0 Å². The molecule has 0 saturated carbocycles. The fourth-order valence-corrected chi connectivity index (χ4v) is 6.14. The first-order valence-electron chi connectivity index (χ1n) is 15.9. The Morgan fingerprint density at radius 1 is 0.733 bits per heavy atom. The van der Waals surface area contributed by atoms with Gasteiger partial charge in [-0.05, 0) is 45.4 Å². The third-order valence-corrected chi connectivity index (χ3v) is 9.72. The molecule has 264 valence electrons. The Hall–Kier alpha value is -1.46. The smallest absolute Gasteiger partial charge is 0.329 e. The zero-order valence-electron chi connectivity index (χ0n) is 27.8. The number of hydrogen-bond acceptors (Lipinski definition) is 12. The Morgan fingerprint density at radius 3 is 1.67 bits per heavy atom. The van der Waals surface area contributed by atoms with Gasteiger partial charge in [0.05, 0.1) is 37.1 Å². The quantitative estimate of drug-likeness (QED) is 0.122. The van der Waals surface area contributed by atoms with Crippen LogP contribution in [0.15, 0.2) is 0 Å². The lowest BCUT2D eigenvalue weighted by Gasteiger charge is -2.53. The van der Waals surface area contributed by atoms with Crippen LogP contribution in [-0.2, 0) is 38.0 Å². The largest absolute Gasteiger partial charge is 0.480 e. The second kappa shape index (κ2) is 17.1. The van der Waals surface area contributed by atoms with E-state index in [0.717, 1.165) is 0 Å². The van der Waals surface area contributed by atoms with Crippen LogP contribution in [0.1, 0.15) is 74.7 Å². The summed E-state index contributed by atoms with van der Waals surface area (Å²) in [5, 5.41) is 63.3. The highest BCUT2D eigenvalue weighted by Crippen LogP contribution is 2.43. The summed E-state index contributed by atoms with van der Waals surface area (Å²) in [6.07, 6.45) is -10.2. The number of rotatable bonds is 18. The van der Waals surface area contributed by atoms with E-state index in [4.69, 9.17) is 38.6 Å². The van der Waals surface area contributed by atoms with Crippen molar-refractivity contribution in [2.24, 2.45) is 11.3 Å². The van der Waals surface area contributed by atoms with Crippen LogP contribution in [0, 0.1) is 11.3 Å². The van der Waals surface area contributed by atoms with Crippen LogP contribution in [0.25, 0.3) is 0 Å². The molecule has 2 saturated heterocycles. The average Bonchev–Trinajstić information content (AvgIpc) is 2.98. The monoisotopic (exact) mass is 652 g/mol. The molecule has 2 rings (SSSR count). The molecule has 0 bridgehead atoms. The molecule has 0 radical (unpaired) electrons. The second-order valence-electron chi connectivity index (χ2n) is 13.1. The molecule has 2 fully saturated rings. The molecular formula is C31H56O14. The fourth-order valence-electron chi connectivity index (χ4n) is 6.14. The van der Waals surface area contributed by atoms with Gasteiger partial charge in [0.2, 0.25) is 0 Å². The maximum atomic E-state index is 11.5. The first-order valence-corrected chi connectivity index (χ1v) is 15.9. The third-order valence-electron chi connectivity index (χ3n) is 9.72. The SMILES string of the molecule is CCC(C)(CC)C1OC(COCC(=O)O)C(OC(C)(CC)C(C)C2OC(COCC(=O)O)C(OC(C)C)C(O)C2O)C(O)C1O. The molecule has 14 nitrogen and oxygen atoms in total. The van der Waals surface area contributed by atoms with Crippen LogP contribution in [0.5, 0.6) is 0 Å². The van der Waals surface area contributed by atoms with Gasteiger partial charge in [-0.2, -0.15) is 0 Å². The van der Waals surface area contributed by atoms with E-state index in [9.17, 15) is 30.0 Å². The van der Waals surface area contributed by atoms with E-state index in [-0.39, 0.29) is 19.3 Å². The Balaban J connectivity index is 2.39. The molecule has 2 heterocycles. The van der Waals surface area contributed by atoms with Crippen LogP contribution in [0.4, 0.5) is 0 Å². The molecule has 2 aliphatic rings. The maximum absolute atomic E-state index is 11.5. The molecule has 0 spiro atoms. The number of aliphatic hydroxyl groups is 4. The first kappa shape index (κ1) is 39.7. The number of carboxylic acids is 2. The molecule has 2 aliphatic heterocycles. The summed E-state index contributed by atoms with van der Waals surface area (Å²) in [6.45, 7) is 13.1. The molecule has 6 N–H and O–H groups in total. The Bertz CT molecular complexity index is 928. The van der Waals surface area contributed by atoms with Crippen molar-refractivity contribution in [2.75, 3.05) is 26.4 Å². The predicted octanol–water partition coefficient (Wildman–Crippen LogP) is 0.977. The van der Waals surface area contributed by atoms with E-state index in [1.54, 1.807) is 27.7 Å². The zero-order chi connectivity index (χ0) is 34.3. The minimum atomic E-state index is -1.43. The van der Waals surface area contributed by atoms with Crippen LogP contribution < -0.4 is 0 Å². The van der Waals surface area contributed by atoms with E-state index in [1.807, 2.05) is 27.7 Å². The van der Waals surface area contributed by atoms with Gasteiger partial charge < -0.3 is 59.1 Å². The minimum Gasteiger partial charge on any atom is -0.480 e. The van der Waals surface area contributed by atoms with Crippen molar-refractivity contribution in [3.63, 3.8) is 0 Å². The predicted molar refractivity (Wildman–Crippen MR) is 160 cm³/mol. The molecule has 14 heteroatoms. The van der Waals surface area contributed by atoms with Gasteiger partial charge in [-0.3, -0.25) is 0 Å². The third kappa shape index (κ3) is 9.78. The average molecular weight is 653 g/mol. The number of aliphatic hydroxyl groups excluding tert-OH is 4. The van der Waals surface area contributed by atoms with Crippen molar-refractivity contribution in [3.8, 4) is 0 Å². The van der Waals surface area contributed by atoms with Gasteiger partial charge in [0.1, 0.15) is 62.0 Å². The molecule has 0 aromatic rings. The second-order valence-corrected chi connectivity index (χ2v) is 13.1. The number of hydrogen-bond donors (Lipinski definition) is 6. The van der Waals surface area contributed by atoms with Gasteiger partial charge in [0.25, 0.3) is 0 Å². The van der Waals surface area contributed by atoms with Crippen molar-refractivity contribution < 1.29 is 68.6 Å². The zero-order valence-corrected chi connectivity index (χ0v) is 27.8. The topological polar surface area (TPSA) is 211 Å². The molecule has 0 aliphatic carbocycles. The van der Waals surface area contributed by atoms with Crippen molar-refractivity contribution in [3.05, 3.63) is 0 Å². The highest BCUT2D eigenvalue weighted by atomic mass is 16.6. The lowest BCUT2D eigenvalue weighted by Crippen LogP contribution is -2.66. The summed E-state index contributed by atoms with van der Waals surface area (Å²) in [5.74, 6) is -3.02. The Kier molecular flexibility index (Phi) is 15.1. The summed E-state index contributed by atoms with van der Waals surface area (Å²) in [4.78, 5) is 22.2. The number of aliphatic carboxylic acids is 2. The van der Waals surface area contributed by atoms with Crippen molar-refractivity contribution >= 4 is 11.9 Å². The van der Waals surface area contributed by atoms with Crippen LogP contribution in [0.2, 0.25) is 0 Å². The summed E-state index contributed by atoms with van der Waals surface area (Å²) in [7, 11) is 0. The fraction of sp³-hybridized carbons (Fsp3) is 0.935. The van der Waals surface area contributed by atoms with E-state index >= 15 is 0 Å². The molecule has 0 aromatic heterocycles. The van der Waals surface area contributed by atoms with Crippen LogP contribution in [0.3, 0.4) is 0 Å². The van der Waals surface area contributed by atoms with Gasteiger partial charge in [0.15, 0.2) is 0 Å². The van der Waals surface area contributed by atoms with Gasteiger partial charge in [-0.1, -0.05) is 34.6 Å². The van der Waals surface area contributed by atoms with Gasteiger partial charge in [-0.15, -0.1) is 0 Å².